The van der Waals surface area contributed by atoms with E-state index in [4.69, 9.17) is 0 Å². The second-order valence-corrected chi connectivity index (χ2v) is 4.89. The molecule has 19 heavy (non-hydrogen) atoms. The first-order chi connectivity index (χ1) is 7.58. The molecule has 0 heteroatoms. The average molecular weight is 273 g/mol. The van der Waals surface area contributed by atoms with E-state index in [0.29, 0.717) is 0 Å². The highest BCUT2D eigenvalue weighted by Gasteiger charge is 1.94. The standard InChI is InChI=1S/C13H26.C3H6.3CH4/c1-5-13(4)11-9-7-6-8-10-12(2)3;1-3-2;;;/h5,12H,6-11H2,1-4H3;3H,1H2,2H3;3*1H4/b13-5+;;;;. The number of allylic oxidation sites excluding steroid dienone is 3. The van der Waals surface area contributed by atoms with Gasteiger partial charge in [0.25, 0.3) is 0 Å². The Kier molecular flexibility index (Phi) is 42.7. The molecule has 0 atom stereocenters. The van der Waals surface area contributed by atoms with E-state index in [9.17, 15) is 0 Å². The SMILES string of the molecule is C.C.C.C/C=C(\C)CCCCCCC(C)C.C=CC. The Morgan fingerprint density at radius 1 is 0.947 bits per heavy atom. The van der Waals surface area contributed by atoms with Crippen LogP contribution in [0.4, 0.5) is 0 Å². The van der Waals surface area contributed by atoms with Gasteiger partial charge in [0, 0.05) is 0 Å². The molecule has 0 bridgehead atoms. The van der Waals surface area contributed by atoms with Crippen LogP contribution < -0.4 is 0 Å². The minimum Gasteiger partial charge on any atom is -0.103 e. The predicted octanol–water partition coefficient (Wildman–Crippen LogP) is 8.05. The maximum absolute atomic E-state index is 3.36. The molecule has 0 aliphatic rings. The highest BCUT2D eigenvalue weighted by atomic mass is 14.0. The molecule has 0 unspecified atom stereocenters. The second kappa shape index (κ2) is 26.1. The average Bonchev–Trinajstić information content (AvgIpc) is 2.23. The molecular weight excluding hydrogens is 228 g/mol. The normalized spacial score (nSPS) is 9.26. The monoisotopic (exact) mass is 272 g/mol. The van der Waals surface area contributed by atoms with Crippen LogP contribution in [0.25, 0.3) is 0 Å². The van der Waals surface area contributed by atoms with Gasteiger partial charge >= 0.3 is 0 Å². The lowest BCUT2D eigenvalue weighted by Crippen LogP contribution is -1.87. The van der Waals surface area contributed by atoms with E-state index in [2.05, 4.69) is 40.3 Å². The third kappa shape index (κ3) is 38.1. The number of unbranched alkanes of at least 4 members (excludes halogenated alkanes) is 3. The Morgan fingerprint density at radius 3 is 1.74 bits per heavy atom. The van der Waals surface area contributed by atoms with Crippen molar-refractivity contribution in [2.45, 2.75) is 95.4 Å². The summed E-state index contributed by atoms with van der Waals surface area (Å²) in [4.78, 5) is 0. The summed E-state index contributed by atoms with van der Waals surface area (Å²) in [6.45, 7) is 14.2. The Labute approximate surface area is 126 Å². The summed E-state index contributed by atoms with van der Waals surface area (Å²) >= 11 is 0. The quantitative estimate of drug-likeness (QED) is 0.325. The molecule has 0 saturated carbocycles. The zero-order valence-electron chi connectivity index (χ0n) is 12.2. The summed E-state index contributed by atoms with van der Waals surface area (Å²) < 4.78 is 0. The lowest BCUT2D eigenvalue weighted by molar-refractivity contribution is 0.520. The molecule has 0 spiro atoms. The van der Waals surface area contributed by atoms with Crippen molar-refractivity contribution in [3.63, 3.8) is 0 Å². The van der Waals surface area contributed by atoms with Gasteiger partial charge in [-0.05, 0) is 39.5 Å². The molecule has 0 fully saturated rings. The fourth-order valence-corrected chi connectivity index (χ4v) is 1.45. The van der Waals surface area contributed by atoms with Crippen LogP contribution in [0.1, 0.15) is 95.4 Å². The first-order valence-corrected chi connectivity index (χ1v) is 6.77. The van der Waals surface area contributed by atoms with Crippen molar-refractivity contribution in [1.29, 1.82) is 0 Å². The van der Waals surface area contributed by atoms with E-state index in [0.717, 1.165) is 5.92 Å². The van der Waals surface area contributed by atoms with Crippen molar-refractivity contribution in [2.24, 2.45) is 5.92 Å². The summed E-state index contributed by atoms with van der Waals surface area (Å²) in [6, 6.07) is 0. The summed E-state index contributed by atoms with van der Waals surface area (Å²) in [5.41, 5.74) is 1.55. The fourth-order valence-electron chi connectivity index (χ4n) is 1.45. The zero-order chi connectivity index (χ0) is 12.8. The van der Waals surface area contributed by atoms with Crippen molar-refractivity contribution in [3.8, 4) is 0 Å². The van der Waals surface area contributed by atoms with Crippen LogP contribution in [0.15, 0.2) is 24.3 Å². The first kappa shape index (κ1) is 31.1. The van der Waals surface area contributed by atoms with Crippen LogP contribution in [0.3, 0.4) is 0 Å². The van der Waals surface area contributed by atoms with Gasteiger partial charge in [-0.15, -0.1) is 6.58 Å². The second-order valence-electron chi connectivity index (χ2n) is 4.89. The molecule has 0 aliphatic heterocycles. The summed E-state index contributed by atoms with van der Waals surface area (Å²) in [7, 11) is 0. The highest BCUT2D eigenvalue weighted by molar-refractivity contribution is 4.94. The molecule has 0 aromatic rings. The molecule has 0 aromatic carbocycles. The summed E-state index contributed by atoms with van der Waals surface area (Å²) in [6.07, 6.45) is 12.3. The van der Waals surface area contributed by atoms with Crippen molar-refractivity contribution < 1.29 is 0 Å². The van der Waals surface area contributed by atoms with Crippen LogP contribution in [-0.2, 0) is 0 Å². The van der Waals surface area contributed by atoms with Crippen molar-refractivity contribution in [3.05, 3.63) is 24.3 Å². The van der Waals surface area contributed by atoms with Gasteiger partial charge < -0.3 is 0 Å². The molecule has 0 amide bonds. The third-order valence-electron chi connectivity index (χ3n) is 2.60. The van der Waals surface area contributed by atoms with Gasteiger partial charge in [-0.25, -0.2) is 0 Å². The molecule has 0 rings (SSSR count). The molecule has 0 N–H and O–H groups in total. The van der Waals surface area contributed by atoms with Crippen molar-refractivity contribution >= 4 is 0 Å². The maximum Gasteiger partial charge on any atom is -0.0323 e. The minimum atomic E-state index is 0. The Balaban J connectivity index is -0.0000000992. The Morgan fingerprint density at radius 2 is 1.37 bits per heavy atom. The lowest BCUT2D eigenvalue weighted by atomic mass is 10.0. The van der Waals surface area contributed by atoms with E-state index in [1.54, 1.807) is 11.6 Å². The molecular formula is C19H44. The predicted molar refractivity (Wildman–Crippen MR) is 98.0 cm³/mol. The number of hydrogen-bond donors (Lipinski definition) is 0. The topological polar surface area (TPSA) is 0 Å². The smallest absolute Gasteiger partial charge is 0.0323 e. The largest absolute Gasteiger partial charge is 0.103 e. The molecule has 0 aromatic heterocycles. The number of rotatable bonds is 7. The summed E-state index contributed by atoms with van der Waals surface area (Å²) in [5.74, 6) is 0.886. The van der Waals surface area contributed by atoms with E-state index >= 15 is 0 Å². The van der Waals surface area contributed by atoms with Gasteiger partial charge in [0.2, 0.25) is 0 Å². The van der Waals surface area contributed by atoms with Crippen LogP contribution in [0.2, 0.25) is 0 Å². The van der Waals surface area contributed by atoms with Crippen LogP contribution in [0, 0.1) is 5.92 Å². The fraction of sp³-hybridized carbons (Fsp3) is 0.789. The van der Waals surface area contributed by atoms with Gasteiger partial charge in [0.1, 0.15) is 0 Å². The van der Waals surface area contributed by atoms with Crippen molar-refractivity contribution in [2.75, 3.05) is 0 Å². The van der Waals surface area contributed by atoms with Gasteiger partial charge in [-0.2, -0.15) is 0 Å². The van der Waals surface area contributed by atoms with Gasteiger partial charge in [-0.1, -0.05) is 79.5 Å². The Bertz CT molecular complexity index is 163. The van der Waals surface area contributed by atoms with E-state index in [1.165, 1.54) is 38.5 Å². The van der Waals surface area contributed by atoms with E-state index in [-0.39, 0.29) is 22.3 Å². The van der Waals surface area contributed by atoms with Crippen LogP contribution >= 0.6 is 0 Å². The molecule has 0 radical (unpaired) electrons. The molecule has 0 aliphatic carbocycles. The van der Waals surface area contributed by atoms with Gasteiger partial charge in [0.15, 0.2) is 0 Å². The molecule has 0 heterocycles. The first-order valence-electron chi connectivity index (χ1n) is 6.77. The molecule has 0 saturated heterocycles. The number of hydrogen-bond acceptors (Lipinski definition) is 0. The van der Waals surface area contributed by atoms with Gasteiger partial charge in [0.05, 0.1) is 0 Å². The summed E-state index contributed by atoms with van der Waals surface area (Å²) in [5, 5.41) is 0. The van der Waals surface area contributed by atoms with Crippen LogP contribution in [0.5, 0.6) is 0 Å². The molecule has 0 nitrogen and oxygen atoms in total. The highest BCUT2D eigenvalue weighted by Crippen LogP contribution is 2.12. The van der Waals surface area contributed by atoms with E-state index in [1.807, 2.05) is 6.92 Å². The van der Waals surface area contributed by atoms with Crippen LogP contribution in [-0.4, -0.2) is 0 Å². The minimum absolute atomic E-state index is 0. The van der Waals surface area contributed by atoms with Gasteiger partial charge in [-0.3, -0.25) is 0 Å². The molecule has 120 valence electrons. The van der Waals surface area contributed by atoms with Crippen molar-refractivity contribution in [1.82, 2.24) is 0 Å². The maximum atomic E-state index is 3.36. The lowest BCUT2D eigenvalue weighted by Gasteiger charge is -2.04. The zero-order valence-corrected chi connectivity index (χ0v) is 12.2. The Hall–Kier alpha value is -0.520. The third-order valence-corrected chi connectivity index (χ3v) is 2.60. The van der Waals surface area contributed by atoms with E-state index < -0.39 is 0 Å².